The smallest absolute Gasteiger partial charge is 0.305 e. The van der Waals surface area contributed by atoms with E-state index in [0.29, 0.717) is 29.0 Å². The lowest BCUT2D eigenvalue weighted by Gasteiger charge is -2.23. The first-order valence-corrected chi connectivity index (χ1v) is 15.5. The summed E-state index contributed by atoms with van der Waals surface area (Å²) >= 11 is 6.10. The van der Waals surface area contributed by atoms with E-state index in [1.54, 1.807) is 60.7 Å². The van der Waals surface area contributed by atoms with Crippen molar-refractivity contribution < 1.29 is 27.5 Å². The van der Waals surface area contributed by atoms with Crippen molar-refractivity contribution in [2.45, 2.75) is 63.0 Å². The Labute approximate surface area is 252 Å². The highest BCUT2D eigenvalue weighted by Crippen LogP contribution is 2.16. The first-order chi connectivity index (χ1) is 20.1. The number of sulfonamides is 1. The topological polar surface area (TPSA) is 157 Å². The number of esters is 1. The number of allylic oxidation sites excluding steroid dienone is 3. The van der Waals surface area contributed by atoms with E-state index in [0.717, 1.165) is 5.56 Å². The van der Waals surface area contributed by atoms with Gasteiger partial charge in [0, 0.05) is 24.5 Å². The SMILES string of the molecule is C=C/C=C\CCC[C@@H](NS(=O)(=O)Cc1ccccc1)C(=O)N[C@@H](CCC(=O)OC)C(=O)NCc1cc(Cl)ccc1CN. The summed E-state index contributed by atoms with van der Waals surface area (Å²) in [7, 11) is -2.69. The minimum atomic E-state index is -3.91. The van der Waals surface area contributed by atoms with Crippen molar-refractivity contribution in [2.75, 3.05) is 7.11 Å². The lowest BCUT2D eigenvalue weighted by atomic mass is 10.1. The molecular formula is C30H39ClN4O6S. The summed E-state index contributed by atoms with van der Waals surface area (Å²) in [4.78, 5) is 38.5. The number of carbonyl (C=O) groups excluding carboxylic acids is 3. The number of ether oxygens (including phenoxy) is 1. The van der Waals surface area contributed by atoms with Gasteiger partial charge >= 0.3 is 5.97 Å². The molecule has 0 bridgehead atoms. The standard InChI is InChI=1S/C30H39ClN4O6S/c1-3-4-5-6-10-13-27(35-42(39,40)21-22-11-8-7-9-12-22)30(38)34-26(16-17-28(36)41-2)29(37)33-20-24-18-25(31)15-14-23(24)19-32/h3-5,7-9,11-12,14-15,18,26-27,35H,1,6,10,13,16-17,19-21,32H2,2H3,(H,33,37)(H,34,38)/b5-4-/t26-,27+/m0/s1. The maximum atomic E-state index is 13.4. The number of hydrogen-bond acceptors (Lipinski definition) is 7. The molecular weight excluding hydrogens is 580 g/mol. The third-order valence-corrected chi connectivity index (χ3v) is 7.90. The molecule has 12 heteroatoms. The van der Waals surface area contributed by atoms with Crippen LogP contribution in [0.15, 0.2) is 73.3 Å². The second kappa shape index (κ2) is 18.1. The van der Waals surface area contributed by atoms with Crippen molar-refractivity contribution in [3.05, 3.63) is 95.1 Å². The molecule has 5 N–H and O–H groups in total. The summed E-state index contributed by atoms with van der Waals surface area (Å²) in [5.41, 5.74) is 7.85. The first-order valence-electron chi connectivity index (χ1n) is 13.5. The second-order valence-electron chi connectivity index (χ2n) is 9.52. The molecule has 10 nitrogen and oxygen atoms in total. The Bertz CT molecular complexity index is 1330. The van der Waals surface area contributed by atoms with Crippen LogP contribution in [0.4, 0.5) is 0 Å². The number of hydrogen-bond donors (Lipinski definition) is 4. The van der Waals surface area contributed by atoms with E-state index >= 15 is 0 Å². The number of methoxy groups -OCH3 is 1. The number of nitrogens with one attached hydrogen (secondary N) is 3. The van der Waals surface area contributed by atoms with Gasteiger partial charge < -0.3 is 21.1 Å². The predicted molar refractivity (Wildman–Crippen MR) is 164 cm³/mol. The molecule has 2 amide bonds. The van der Waals surface area contributed by atoms with Crippen LogP contribution >= 0.6 is 11.6 Å². The van der Waals surface area contributed by atoms with Gasteiger partial charge in [-0.05, 0) is 54.5 Å². The quantitative estimate of drug-likeness (QED) is 0.113. The number of nitrogens with two attached hydrogens (primary N) is 1. The Morgan fingerprint density at radius 1 is 1.05 bits per heavy atom. The third kappa shape index (κ3) is 12.6. The monoisotopic (exact) mass is 618 g/mol. The highest BCUT2D eigenvalue weighted by Gasteiger charge is 2.29. The van der Waals surface area contributed by atoms with Crippen LogP contribution < -0.4 is 21.1 Å². The van der Waals surface area contributed by atoms with E-state index in [-0.39, 0.29) is 38.1 Å². The van der Waals surface area contributed by atoms with Gasteiger partial charge in [-0.25, -0.2) is 13.1 Å². The lowest BCUT2D eigenvalue weighted by molar-refractivity contribution is -0.141. The highest BCUT2D eigenvalue weighted by atomic mass is 35.5. The number of unbranched alkanes of at least 4 members (excludes halogenated alkanes) is 1. The van der Waals surface area contributed by atoms with Gasteiger partial charge in [0.05, 0.1) is 12.9 Å². The van der Waals surface area contributed by atoms with E-state index in [2.05, 4.69) is 21.9 Å². The molecule has 2 aromatic rings. The highest BCUT2D eigenvalue weighted by molar-refractivity contribution is 7.88. The van der Waals surface area contributed by atoms with Crippen molar-refractivity contribution in [3.8, 4) is 0 Å². The largest absolute Gasteiger partial charge is 0.469 e. The van der Waals surface area contributed by atoms with Crippen LogP contribution in [0.1, 0.15) is 48.8 Å². The zero-order valence-corrected chi connectivity index (χ0v) is 25.3. The van der Waals surface area contributed by atoms with Crippen LogP contribution in [-0.2, 0) is 48.0 Å². The summed E-state index contributed by atoms with van der Waals surface area (Å²) < 4.78 is 33.2. The number of carbonyl (C=O) groups is 3. The molecule has 42 heavy (non-hydrogen) atoms. The first kappa shape index (κ1) is 34.7. The van der Waals surface area contributed by atoms with Gasteiger partial charge in [0.25, 0.3) is 0 Å². The number of benzene rings is 2. The fraction of sp³-hybridized carbons (Fsp3) is 0.367. The fourth-order valence-corrected chi connectivity index (χ4v) is 5.66. The van der Waals surface area contributed by atoms with Gasteiger partial charge in [-0.15, -0.1) is 0 Å². The molecule has 0 aliphatic heterocycles. The molecule has 0 aromatic heterocycles. The summed E-state index contributed by atoms with van der Waals surface area (Å²) in [5, 5.41) is 5.87. The minimum absolute atomic E-state index is 0.0604. The van der Waals surface area contributed by atoms with Crippen LogP contribution in [0, 0.1) is 0 Å². The second-order valence-corrected chi connectivity index (χ2v) is 11.7. The Balaban J connectivity index is 2.21. The molecule has 0 spiro atoms. The van der Waals surface area contributed by atoms with Gasteiger partial charge in [-0.3, -0.25) is 14.4 Å². The molecule has 228 valence electrons. The van der Waals surface area contributed by atoms with Crippen molar-refractivity contribution in [2.24, 2.45) is 5.73 Å². The molecule has 0 aliphatic rings. The predicted octanol–water partition coefficient (Wildman–Crippen LogP) is 3.25. The zero-order chi connectivity index (χ0) is 31.0. The Morgan fingerprint density at radius 3 is 2.45 bits per heavy atom. The van der Waals surface area contributed by atoms with E-state index in [4.69, 9.17) is 22.1 Å². The normalized spacial score (nSPS) is 12.8. The van der Waals surface area contributed by atoms with Gasteiger partial charge in [0.15, 0.2) is 0 Å². The van der Waals surface area contributed by atoms with Gasteiger partial charge in [-0.2, -0.15) is 0 Å². The summed E-state index contributed by atoms with van der Waals surface area (Å²) in [6, 6.07) is 11.4. The molecule has 0 unspecified atom stereocenters. The van der Waals surface area contributed by atoms with Crippen LogP contribution in [0.25, 0.3) is 0 Å². The average molecular weight is 619 g/mol. The summed E-state index contributed by atoms with van der Waals surface area (Å²) in [5.74, 6) is -2.12. The molecule has 0 fully saturated rings. The minimum Gasteiger partial charge on any atom is -0.469 e. The van der Waals surface area contributed by atoms with Crippen molar-refractivity contribution in [1.29, 1.82) is 0 Å². The number of amides is 2. The molecule has 2 atom stereocenters. The summed E-state index contributed by atoms with van der Waals surface area (Å²) in [6.07, 6.45) is 6.30. The van der Waals surface area contributed by atoms with Gasteiger partial charge in [-0.1, -0.05) is 72.8 Å². The van der Waals surface area contributed by atoms with E-state index in [1.807, 2.05) is 6.08 Å². The lowest BCUT2D eigenvalue weighted by Crippen LogP contribution is -2.53. The Kier molecular flexibility index (Phi) is 15.0. The van der Waals surface area contributed by atoms with Crippen molar-refractivity contribution >= 4 is 39.4 Å². The maximum Gasteiger partial charge on any atom is 0.305 e. The summed E-state index contributed by atoms with van der Waals surface area (Å²) in [6.45, 7) is 3.93. The van der Waals surface area contributed by atoms with Crippen LogP contribution in [0.5, 0.6) is 0 Å². The van der Waals surface area contributed by atoms with Crippen LogP contribution in [0.2, 0.25) is 5.02 Å². The Hall–Kier alpha value is -3.51. The van der Waals surface area contributed by atoms with Gasteiger partial charge in [0.2, 0.25) is 21.8 Å². The number of halogens is 1. The molecule has 0 saturated carbocycles. The van der Waals surface area contributed by atoms with Crippen molar-refractivity contribution in [3.63, 3.8) is 0 Å². The third-order valence-electron chi connectivity index (χ3n) is 6.31. The number of rotatable bonds is 18. The molecule has 2 rings (SSSR count). The zero-order valence-electron chi connectivity index (χ0n) is 23.7. The average Bonchev–Trinajstić information content (AvgIpc) is 2.97. The van der Waals surface area contributed by atoms with Crippen LogP contribution in [0.3, 0.4) is 0 Å². The molecule has 0 aliphatic carbocycles. The molecule has 0 radical (unpaired) electrons. The molecule has 0 heterocycles. The van der Waals surface area contributed by atoms with Crippen LogP contribution in [-0.4, -0.2) is 45.4 Å². The maximum absolute atomic E-state index is 13.4. The molecule has 2 aromatic carbocycles. The van der Waals surface area contributed by atoms with E-state index < -0.39 is 39.9 Å². The molecule has 0 saturated heterocycles. The van der Waals surface area contributed by atoms with Gasteiger partial charge in [0.1, 0.15) is 12.1 Å². The Morgan fingerprint density at radius 2 is 1.79 bits per heavy atom. The van der Waals surface area contributed by atoms with E-state index in [1.165, 1.54) is 7.11 Å². The van der Waals surface area contributed by atoms with Crippen molar-refractivity contribution in [1.82, 2.24) is 15.4 Å². The van der Waals surface area contributed by atoms with E-state index in [9.17, 15) is 22.8 Å². The fourth-order valence-electron chi connectivity index (χ4n) is 4.10.